The zero-order chi connectivity index (χ0) is 14.7. The lowest BCUT2D eigenvalue weighted by molar-refractivity contribution is -0.380. The first-order valence-corrected chi connectivity index (χ1v) is 7.69. The van der Waals surface area contributed by atoms with Crippen LogP contribution in [0.5, 0.6) is 0 Å². The van der Waals surface area contributed by atoms with E-state index in [0.717, 1.165) is 38.3 Å². The molecular formula is C14H16N4O2S. The van der Waals surface area contributed by atoms with Crippen LogP contribution in [-0.4, -0.2) is 41.0 Å². The van der Waals surface area contributed by atoms with Gasteiger partial charge >= 0.3 is 5.00 Å². The van der Waals surface area contributed by atoms with Crippen LogP contribution in [-0.2, 0) is 6.54 Å². The molecule has 3 rings (SSSR count). The van der Waals surface area contributed by atoms with Crippen molar-refractivity contribution < 1.29 is 4.92 Å². The maximum Gasteiger partial charge on any atom is 0.324 e. The fourth-order valence-electron chi connectivity index (χ4n) is 2.52. The minimum absolute atomic E-state index is 0.223. The number of nitrogens with zero attached hydrogens (tertiary/aromatic N) is 4. The minimum atomic E-state index is -0.324. The second kappa shape index (κ2) is 6.19. The van der Waals surface area contributed by atoms with E-state index in [1.54, 1.807) is 6.07 Å². The Bertz CT molecular complexity index is 608. The third-order valence-electron chi connectivity index (χ3n) is 3.63. The van der Waals surface area contributed by atoms with Crippen LogP contribution in [0.3, 0.4) is 0 Å². The number of piperazine rings is 1. The fourth-order valence-corrected chi connectivity index (χ4v) is 3.24. The molecule has 1 aliphatic rings. The van der Waals surface area contributed by atoms with Crippen molar-refractivity contribution in [3.8, 4) is 0 Å². The molecule has 2 aromatic rings. The summed E-state index contributed by atoms with van der Waals surface area (Å²) in [6.45, 7) is 4.65. The number of hydrogen-bond acceptors (Lipinski definition) is 6. The molecule has 21 heavy (non-hydrogen) atoms. The van der Waals surface area contributed by atoms with Gasteiger partial charge < -0.3 is 4.90 Å². The zero-order valence-corrected chi connectivity index (χ0v) is 12.3. The van der Waals surface area contributed by atoms with Gasteiger partial charge in [-0.15, -0.1) is 0 Å². The van der Waals surface area contributed by atoms with Crippen molar-refractivity contribution >= 4 is 22.0 Å². The van der Waals surface area contributed by atoms with Crippen LogP contribution in [0.15, 0.2) is 36.0 Å². The Labute approximate surface area is 126 Å². The van der Waals surface area contributed by atoms with Crippen molar-refractivity contribution in [1.29, 1.82) is 0 Å². The summed E-state index contributed by atoms with van der Waals surface area (Å²) in [5.74, 6) is 0. The highest BCUT2D eigenvalue weighted by atomic mass is 32.1. The van der Waals surface area contributed by atoms with Crippen molar-refractivity contribution in [2.24, 2.45) is 0 Å². The van der Waals surface area contributed by atoms with Gasteiger partial charge in [0, 0.05) is 62.3 Å². The number of rotatable bonds is 4. The molecule has 0 unspecified atom stereocenters. The van der Waals surface area contributed by atoms with Crippen LogP contribution in [0.1, 0.15) is 5.56 Å². The second-order valence-corrected chi connectivity index (χ2v) is 5.91. The molecule has 0 amide bonds. The predicted octanol–water partition coefficient (Wildman–Crippen LogP) is 2.37. The molecule has 0 atom stereocenters. The highest BCUT2D eigenvalue weighted by molar-refractivity contribution is 7.13. The van der Waals surface area contributed by atoms with E-state index in [2.05, 4.69) is 14.8 Å². The van der Waals surface area contributed by atoms with E-state index < -0.39 is 0 Å². The van der Waals surface area contributed by atoms with E-state index in [1.165, 1.54) is 17.0 Å². The predicted molar refractivity (Wildman–Crippen MR) is 82.7 cm³/mol. The summed E-state index contributed by atoms with van der Waals surface area (Å²) < 4.78 is 0. The monoisotopic (exact) mass is 304 g/mol. The van der Waals surface area contributed by atoms with Crippen LogP contribution in [0.4, 0.5) is 10.7 Å². The highest BCUT2D eigenvalue weighted by Crippen LogP contribution is 2.24. The first-order valence-electron chi connectivity index (χ1n) is 6.81. The molecule has 0 spiro atoms. The van der Waals surface area contributed by atoms with Gasteiger partial charge in [0.1, 0.15) is 0 Å². The number of aromatic nitrogens is 1. The quantitative estimate of drug-likeness (QED) is 0.641. The van der Waals surface area contributed by atoms with E-state index in [-0.39, 0.29) is 9.92 Å². The molecule has 3 heterocycles. The molecule has 7 heteroatoms. The molecule has 0 bridgehead atoms. The van der Waals surface area contributed by atoms with Crippen LogP contribution in [0, 0.1) is 10.1 Å². The lowest BCUT2D eigenvalue weighted by atomic mass is 10.2. The first kappa shape index (κ1) is 14.0. The molecule has 0 radical (unpaired) electrons. The normalized spacial score (nSPS) is 16.1. The van der Waals surface area contributed by atoms with E-state index in [9.17, 15) is 10.1 Å². The van der Waals surface area contributed by atoms with E-state index in [0.29, 0.717) is 0 Å². The standard InChI is InChI=1S/C14H16N4O2S/c19-18(20)14-9-12(11-21-14)10-16-5-7-17(8-6-16)13-1-3-15-4-2-13/h1-4,9,11H,5-8,10H2. The van der Waals surface area contributed by atoms with Gasteiger partial charge in [-0.3, -0.25) is 20.0 Å². The molecule has 0 N–H and O–H groups in total. The molecular weight excluding hydrogens is 288 g/mol. The number of thiophene rings is 1. The number of anilines is 1. The molecule has 0 aromatic carbocycles. The van der Waals surface area contributed by atoms with Crippen molar-refractivity contribution in [3.05, 3.63) is 51.7 Å². The highest BCUT2D eigenvalue weighted by Gasteiger charge is 2.18. The molecule has 1 saturated heterocycles. The Morgan fingerprint density at radius 3 is 2.57 bits per heavy atom. The van der Waals surface area contributed by atoms with Gasteiger partial charge in [0.25, 0.3) is 0 Å². The summed E-state index contributed by atoms with van der Waals surface area (Å²) in [7, 11) is 0. The van der Waals surface area contributed by atoms with Crippen molar-refractivity contribution in [1.82, 2.24) is 9.88 Å². The summed E-state index contributed by atoms with van der Waals surface area (Å²) >= 11 is 1.20. The Morgan fingerprint density at radius 1 is 1.24 bits per heavy atom. The maximum atomic E-state index is 10.7. The Balaban J connectivity index is 1.55. The van der Waals surface area contributed by atoms with Crippen LogP contribution >= 0.6 is 11.3 Å². The van der Waals surface area contributed by atoms with Crippen LogP contribution < -0.4 is 4.90 Å². The molecule has 110 valence electrons. The second-order valence-electron chi connectivity index (χ2n) is 5.02. The van der Waals surface area contributed by atoms with Crippen LogP contribution in [0.25, 0.3) is 0 Å². The molecule has 0 saturated carbocycles. The summed E-state index contributed by atoms with van der Waals surface area (Å²) in [4.78, 5) is 19.1. The molecule has 6 nitrogen and oxygen atoms in total. The average Bonchev–Trinajstić information content (AvgIpc) is 2.98. The third kappa shape index (κ3) is 3.37. The van der Waals surface area contributed by atoms with Gasteiger partial charge in [0.15, 0.2) is 0 Å². The number of pyridine rings is 1. The molecule has 2 aromatic heterocycles. The zero-order valence-electron chi connectivity index (χ0n) is 11.5. The summed E-state index contributed by atoms with van der Waals surface area (Å²) in [5.41, 5.74) is 2.24. The van der Waals surface area contributed by atoms with Gasteiger partial charge in [0.2, 0.25) is 0 Å². The van der Waals surface area contributed by atoms with Gasteiger partial charge in [0.05, 0.1) is 4.92 Å². The van der Waals surface area contributed by atoms with E-state index >= 15 is 0 Å². The summed E-state index contributed by atoms with van der Waals surface area (Å²) in [6, 6.07) is 5.73. The minimum Gasteiger partial charge on any atom is -0.369 e. The van der Waals surface area contributed by atoms with Gasteiger partial charge in [-0.25, -0.2) is 0 Å². The largest absolute Gasteiger partial charge is 0.369 e. The lowest BCUT2D eigenvalue weighted by Crippen LogP contribution is -2.45. The Morgan fingerprint density at radius 2 is 1.95 bits per heavy atom. The van der Waals surface area contributed by atoms with Crippen LogP contribution in [0.2, 0.25) is 0 Å². The molecule has 1 fully saturated rings. The first-order chi connectivity index (χ1) is 10.2. The van der Waals surface area contributed by atoms with Crippen molar-refractivity contribution in [3.63, 3.8) is 0 Å². The van der Waals surface area contributed by atoms with E-state index in [1.807, 2.05) is 29.9 Å². The van der Waals surface area contributed by atoms with Gasteiger partial charge in [-0.2, -0.15) is 0 Å². The fraction of sp³-hybridized carbons (Fsp3) is 0.357. The smallest absolute Gasteiger partial charge is 0.324 e. The van der Waals surface area contributed by atoms with Crippen molar-refractivity contribution in [2.75, 3.05) is 31.1 Å². The number of hydrogen-bond donors (Lipinski definition) is 0. The van der Waals surface area contributed by atoms with Crippen molar-refractivity contribution in [2.45, 2.75) is 6.54 Å². The SMILES string of the molecule is O=[N+]([O-])c1cc(CN2CCN(c3ccncc3)CC2)cs1. The Hall–Kier alpha value is -1.99. The number of nitro groups is 1. The Kier molecular flexibility index (Phi) is 4.12. The molecule has 0 aliphatic carbocycles. The maximum absolute atomic E-state index is 10.7. The van der Waals surface area contributed by atoms with Gasteiger partial charge in [-0.05, 0) is 17.7 Å². The average molecular weight is 304 g/mol. The summed E-state index contributed by atoms with van der Waals surface area (Å²) in [5, 5.41) is 12.8. The topological polar surface area (TPSA) is 62.5 Å². The summed E-state index contributed by atoms with van der Waals surface area (Å²) in [6.07, 6.45) is 3.62. The lowest BCUT2D eigenvalue weighted by Gasteiger charge is -2.35. The third-order valence-corrected chi connectivity index (χ3v) is 4.56. The molecule has 1 aliphatic heterocycles. The van der Waals surface area contributed by atoms with E-state index in [4.69, 9.17) is 0 Å². The van der Waals surface area contributed by atoms with Gasteiger partial charge in [-0.1, -0.05) is 11.3 Å².